The van der Waals surface area contributed by atoms with Crippen molar-refractivity contribution in [3.63, 3.8) is 0 Å². The average molecular weight is 679 g/mol. The molecular formula is C49H34N4. The van der Waals surface area contributed by atoms with Crippen LogP contribution in [-0.4, -0.2) is 19.9 Å². The number of pyridine rings is 1. The summed E-state index contributed by atoms with van der Waals surface area (Å²) in [5, 5.41) is 3.58. The quantitative estimate of drug-likeness (QED) is 0.182. The molecule has 0 fully saturated rings. The third-order valence-corrected chi connectivity index (χ3v) is 10.7. The molecule has 0 N–H and O–H groups in total. The summed E-state index contributed by atoms with van der Waals surface area (Å²) in [6.07, 6.45) is 0. The Morgan fingerprint density at radius 1 is 0.358 bits per heavy atom. The first-order valence-corrected chi connectivity index (χ1v) is 18.1. The van der Waals surface area contributed by atoms with Gasteiger partial charge in [-0.3, -0.25) is 0 Å². The van der Waals surface area contributed by atoms with Crippen LogP contribution in [-0.2, 0) is 5.41 Å². The molecule has 0 aliphatic heterocycles. The summed E-state index contributed by atoms with van der Waals surface area (Å²) in [7, 11) is 0. The Hall–Kier alpha value is -6.78. The lowest BCUT2D eigenvalue weighted by molar-refractivity contribution is 0.661. The summed E-state index contributed by atoms with van der Waals surface area (Å²) in [6, 6.07) is 59.7. The van der Waals surface area contributed by atoms with Crippen LogP contribution in [0.3, 0.4) is 0 Å². The van der Waals surface area contributed by atoms with Gasteiger partial charge in [0.1, 0.15) is 0 Å². The van der Waals surface area contributed by atoms with E-state index < -0.39 is 0 Å². The standard InChI is InChI=1S/C49H34N4/c1-49(2)42-23-12-11-22-38(42)40-28-41-39(35-25-24-31-14-9-10-19-34(31)26-35)29-44(50-45(41)30-43(40)49)36-20-13-21-37(27-36)48-52-46(32-15-5-3-6-16-32)51-47(53-48)33-17-7-4-8-18-33/h3-30H,1-2H3. The minimum Gasteiger partial charge on any atom is -0.248 e. The Bertz CT molecular complexity index is 2800. The van der Waals surface area contributed by atoms with Crippen molar-refractivity contribution >= 4 is 21.7 Å². The van der Waals surface area contributed by atoms with Crippen molar-refractivity contribution in [2.45, 2.75) is 19.3 Å². The zero-order chi connectivity index (χ0) is 35.5. The molecule has 2 heterocycles. The van der Waals surface area contributed by atoms with E-state index >= 15 is 0 Å². The van der Waals surface area contributed by atoms with E-state index in [0.29, 0.717) is 17.5 Å². The lowest BCUT2D eigenvalue weighted by atomic mass is 9.82. The van der Waals surface area contributed by atoms with E-state index in [2.05, 4.69) is 123 Å². The molecule has 0 bridgehead atoms. The van der Waals surface area contributed by atoms with Gasteiger partial charge >= 0.3 is 0 Å². The fourth-order valence-corrected chi connectivity index (χ4v) is 7.92. The Morgan fingerprint density at radius 2 is 0.962 bits per heavy atom. The molecule has 2 aromatic heterocycles. The fraction of sp³-hybridized carbons (Fsp3) is 0.0612. The number of fused-ring (bicyclic) bond motifs is 5. The molecule has 4 heteroatoms. The van der Waals surface area contributed by atoms with Crippen LogP contribution in [0.2, 0.25) is 0 Å². The van der Waals surface area contributed by atoms with E-state index in [1.54, 1.807) is 0 Å². The second-order valence-electron chi connectivity index (χ2n) is 14.3. The highest BCUT2D eigenvalue weighted by molar-refractivity contribution is 6.03. The number of benzene rings is 7. The van der Waals surface area contributed by atoms with Gasteiger partial charge in [-0.25, -0.2) is 19.9 Å². The number of hydrogen-bond acceptors (Lipinski definition) is 4. The molecule has 0 spiro atoms. The summed E-state index contributed by atoms with van der Waals surface area (Å²) < 4.78 is 0. The Labute approximate surface area is 308 Å². The van der Waals surface area contributed by atoms with Crippen molar-refractivity contribution in [2.75, 3.05) is 0 Å². The molecular weight excluding hydrogens is 645 g/mol. The molecule has 0 saturated carbocycles. The number of rotatable bonds is 5. The predicted octanol–water partition coefficient (Wildman–Crippen LogP) is 12.2. The second-order valence-corrected chi connectivity index (χ2v) is 14.3. The largest absolute Gasteiger partial charge is 0.248 e. The first kappa shape index (κ1) is 31.0. The molecule has 0 amide bonds. The van der Waals surface area contributed by atoms with Crippen molar-refractivity contribution in [2.24, 2.45) is 0 Å². The van der Waals surface area contributed by atoms with Gasteiger partial charge in [0.25, 0.3) is 0 Å². The van der Waals surface area contributed by atoms with Crippen molar-refractivity contribution in [1.82, 2.24) is 19.9 Å². The number of nitrogens with zero attached hydrogens (tertiary/aromatic N) is 4. The first-order chi connectivity index (χ1) is 26.0. The van der Waals surface area contributed by atoms with E-state index in [1.165, 1.54) is 33.0 Å². The lowest BCUT2D eigenvalue weighted by Gasteiger charge is -2.22. The third-order valence-electron chi connectivity index (χ3n) is 10.7. The molecule has 9 aromatic rings. The average Bonchev–Trinajstić information content (AvgIpc) is 3.45. The molecule has 10 rings (SSSR count). The highest BCUT2D eigenvalue weighted by Crippen LogP contribution is 2.50. The van der Waals surface area contributed by atoms with E-state index in [9.17, 15) is 0 Å². The van der Waals surface area contributed by atoms with Gasteiger partial charge in [0.15, 0.2) is 17.5 Å². The van der Waals surface area contributed by atoms with Crippen molar-refractivity contribution in [3.8, 4) is 67.7 Å². The molecule has 250 valence electrons. The molecule has 0 saturated heterocycles. The van der Waals surface area contributed by atoms with Crippen molar-refractivity contribution in [1.29, 1.82) is 0 Å². The van der Waals surface area contributed by atoms with Gasteiger partial charge in [0, 0.05) is 33.1 Å². The number of hydrogen-bond donors (Lipinski definition) is 0. The van der Waals surface area contributed by atoms with E-state index in [-0.39, 0.29) is 5.41 Å². The smallest absolute Gasteiger partial charge is 0.164 e. The van der Waals surface area contributed by atoms with Crippen LogP contribution in [0.15, 0.2) is 170 Å². The number of aromatic nitrogens is 4. The monoisotopic (exact) mass is 678 g/mol. The van der Waals surface area contributed by atoms with Gasteiger partial charge in [-0.05, 0) is 74.5 Å². The van der Waals surface area contributed by atoms with Crippen LogP contribution < -0.4 is 0 Å². The Balaban J connectivity index is 1.17. The normalized spacial score (nSPS) is 12.9. The van der Waals surface area contributed by atoms with Crippen LogP contribution in [0.1, 0.15) is 25.0 Å². The molecule has 1 aliphatic rings. The molecule has 0 atom stereocenters. The van der Waals surface area contributed by atoms with Crippen LogP contribution in [0.25, 0.3) is 89.4 Å². The van der Waals surface area contributed by atoms with Gasteiger partial charge < -0.3 is 0 Å². The van der Waals surface area contributed by atoms with Crippen molar-refractivity contribution in [3.05, 3.63) is 181 Å². The Kier molecular flexibility index (Phi) is 7.12. The van der Waals surface area contributed by atoms with Gasteiger partial charge in [-0.2, -0.15) is 0 Å². The summed E-state index contributed by atoms with van der Waals surface area (Å²) in [5.74, 6) is 1.90. The van der Waals surface area contributed by atoms with Gasteiger partial charge in [-0.1, -0.05) is 153 Å². The molecule has 1 aliphatic carbocycles. The highest BCUT2D eigenvalue weighted by Gasteiger charge is 2.35. The molecule has 7 aromatic carbocycles. The van der Waals surface area contributed by atoms with Gasteiger partial charge in [0.2, 0.25) is 0 Å². The zero-order valence-corrected chi connectivity index (χ0v) is 29.5. The fourth-order valence-electron chi connectivity index (χ4n) is 7.92. The van der Waals surface area contributed by atoms with E-state index in [4.69, 9.17) is 19.9 Å². The first-order valence-electron chi connectivity index (χ1n) is 18.1. The zero-order valence-electron chi connectivity index (χ0n) is 29.5. The van der Waals surface area contributed by atoms with E-state index in [0.717, 1.165) is 50.0 Å². The minimum atomic E-state index is -0.133. The summed E-state index contributed by atoms with van der Waals surface area (Å²) in [4.78, 5) is 20.3. The summed E-state index contributed by atoms with van der Waals surface area (Å²) >= 11 is 0. The highest BCUT2D eigenvalue weighted by atomic mass is 15.0. The second kappa shape index (κ2) is 12.2. The minimum absolute atomic E-state index is 0.133. The molecule has 0 unspecified atom stereocenters. The van der Waals surface area contributed by atoms with Crippen LogP contribution in [0, 0.1) is 0 Å². The predicted molar refractivity (Wildman–Crippen MR) is 217 cm³/mol. The molecule has 53 heavy (non-hydrogen) atoms. The Morgan fingerprint density at radius 3 is 1.70 bits per heavy atom. The maximum absolute atomic E-state index is 5.41. The van der Waals surface area contributed by atoms with Gasteiger partial charge in [0.05, 0.1) is 11.2 Å². The molecule has 0 radical (unpaired) electrons. The van der Waals surface area contributed by atoms with E-state index in [1.807, 2.05) is 60.7 Å². The maximum Gasteiger partial charge on any atom is 0.164 e. The van der Waals surface area contributed by atoms with Crippen LogP contribution in [0.4, 0.5) is 0 Å². The molecule has 4 nitrogen and oxygen atoms in total. The lowest BCUT2D eigenvalue weighted by Crippen LogP contribution is -2.14. The summed E-state index contributed by atoms with van der Waals surface area (Å²) in [6.45, 7) is 4.65. The van der Waals surface area contributed by atoms with Crippen molar-refractivity contribution < 1.29 is 0 Å². The van der Waals surface area contributed by atoms with Crippen LogP contribution >= 0.6 is 0 Å². The third kappa shape index (κ3) is 5.30. The summed E-state index contributed by atoms with van der Waals surface area (Å²) in [5.41, 5.74) is 13.1. The maximum atomic E-state index is 5.41. The topological polar surface area (TPSA) is 51.6 Å². The van der Waals surface area contributed by atoms with Gasteiger partial charge in [-0.15, -0.1) is 0 Å². The van der Waals surface area contributed by atoms with Crippen LogP contribution in [0.5, 0.6) is 0 Å². The SMILES string of the molecule is CC1(C)c2ccccc2-c2cc3c(-c4ccc5ccccc5c4)cc(-c4cccc(-c5nc(-c6ccccc6)nc(-c6ccccc6)n5)c4)nc3cc21.